The molecule has 1 aliphatic heterocycles. The van der Waals surface area contributed by atoms with E-state index in [0.29, 0.717) is 11.1 Å². The van der Waals surface area contributed by atoms with Gasteiger partial charge in [0.25, 0.3) is 0 Å². The number of rotatable bonds is 1. The molecule has 0 spiro atoms. The van der Waals surface area contributed by atoms with Crippen molar-refractivity contribution in [3.05, 3.63) is 29.1 Å². The molecule has 0 aliphatic carbocycles. The molecule has 2 N–H and O–H groups in total. The summed E-state index contributed by atoms with van der Waals surface area (Å²) in [6, 6.07) is 2.75. The molecule has 0 saturated carbocycles. The molecule has 1 heterocycles. The van der Waals surface area contributed by atoms with Gasteiger partial charge in [0.15, 0.2) is 0 Å². The molecule has 1 fully saturated rings. The molecule has 1 saturated heterocycles. The number of benzene rings is 1. The first kappa shape index (κ1) is 10.4. The molecule has 0 aromatic heterocycles. The molecule has 0 amide bonds. The minimum atomic E-state index is -0.281. The van der Waals surface area contributed by atoms with Crippen LogP contribution in [0.15, 0.2) is 12.1 Å². The standard InChI is InChI=1S/C12H16FNO/c1-8-9(13)4-5-10(15)11(8)12(2)6-3-7-14-12/h4-5,14-15H,3,6-7H2,1-2H3. The van der Waals surface area contributed by atoms with Gasteiger partial charge in [0, 0.05) is 11.1 Å². The van der Waals surface area contributed by atoms with Crippen LogP contribution in [0.3, 0.4) is 0 Å². The van der Waals surface area contributed by atoms with Gasteiger partial charge in [-0.1, -0.05) is 0 Å². The summed E-state index contributed by atoms with van der Waals surface area (Å²) in [5, 5.41) is 13.2. The monoisotopic (exact) mass is 209 g/mol. The van der Waals surface area contributed by atoms with Crippen molar-refractivity contribution in [1.82, 2.24) is 5.32 Å². The van der Waals surface area contributed by atoms with E-state index in [-0.39, 0.29) is 17.1 Å². The van der Waals surface area contributed by atoms with Crippen molar-refractivity contribution in [2.45, 2.75) is 32.2 Å². The van der Waals surface area contributed by atoms with Crippen LogP contribution < -0.4 is 5.32 Å². The Morgan fingerprint density at radius 1 is 1.47 bits per heavy atom. The van der Waals surface area contributed by atoms with E-state index in [0.717, 1.165) is 19.4 Å². The molecule has 82 valence electrons. The number of hydrogen-bond donors (Lipinski definition) is 2. The highest BCUT2D eigenvalue weighted by Gasteiger charge is 2.34. The van der Waals surface area contributed by atoms with Gasteiger partial charge >= 0.3 is 0 Å². The van der Waals surface area contributed by atoms with Crippen LogP contribution in [0.5, 0.6) is 5.75 Å². The fourth-order valence-electron chi connectivity index (χ4n) is 2.48. The highest BCUT2D eigenvalue weighted by molar-refractivity contribution is 5.44. The Labute approximate surface area is 89.1 Å². The van der Waals surface area contributed by atoms with Gasteiger partial charge in [0.05, 0.1) is 0 Å². The predicted molar refractivity (Wildman–Crippen MR) is 57.4 cm³/mol. The molecular weight excluding hydrogens is 193 g/mol. The van der Waals surface area contributed by atoms with E-state index >= 15 is 0 Å². The Bertz CT molecular complexity index is 383. The predicted octanol–water partition coefficient (Wildman–Crippen LogP) is 2.44. The van der Waals surface area contributed by atoms with E-state index < -0.39 is 0 Å². The third kappa shape index (κ3) is 1.61. The zero-order valence-electron chi connectivity index (χ0n) is 9.10. The van der Waals surface area contributed by atoms with E-state index in [9.17, 15) is 9.50 Å². The number of phenols is 1. The van der Waals surface area contributed by atoms with Crippen LogP contribution >= 0.6 is 0 Å². The molecule has 1 unspecified atom stereocenters. The Morgan fingerprint density at radius 3 is 2.80 bits per heavy atom. The summed E-state index contributed by atoms with van der Waals surface area (Å²) in [5.74, 6) is -0.0662. The van der Waals surface area contributed by atoms with Crippen molar-refractivity contribution in [1.29, 1.82) is 0 Å². The molecule has 1 aliphatic rings. The molecule has 3 heteroatoms. The summed E-state index contributed by atoms with van der Waals surface area (Å²) >= 11 is 0. The maximum Gasteiger partial charge on any atom is 0.126 e. The van der Waals surface area contributed by atoms with Gasteiger partial charge in [-0.15, -0.1) is 0 Å². The Hall–Kier alpha value is -1.09. The summed E-state index contributed by atoms with van der Waals surface area (Å²) in [6.45, 7) is 4.66. The van der Waals surface area contributed by atoms with Crippen molar-refractivity contribution in [2.24, 2.45) is 0 Å². The average Bonchev–Trinajstić information content (AvgIpc) is 2.60. The summed E-state index contributed by atoms with van der Waals surface area (Å²) in [4.78, 5) is 0. The summed E-state index contributed by atoms with van der Waals surface area (Å²) in [5.41, 5.74) is 0.975. The van der Waals surface area contributed by atoms with Crippen molar-refractivity contribution in [3.63, 3.8) is 0 Å². The van der Waals surface area contributed by atoms with E-state index in [1.165, 1.54) is 12.1 Å². The van der Waals surface area contributed by atoms with Crippen LogP contribution in [-0.4, -0.2) is 11.7 Å². The Balaban J connectivity index is 2.55. The van der Waals surface area contributed by atoms with Crippen molar-refractivity contribution >= 4 is 0 Å². The second kappa shape index (κ2) is 3.49. The first-order valence-electron chi connectivity index (χ1n) is 5.28. The topological polar surface area (TPSA) is 32.3 Å². The normalized spacial score (nSPS) is 25.8. The third-order valence-corrected chi connectivity index (χ3v) is 3.30. The summed E-state index contributed by atoms with van der Waals surface area (Å²) < 4.78 is 13.4. The van der Waals surface area contributed by atoms with Crippen LogP contribution in [0.1, 0.15) is 30.9 Å². The lowest BCUT2D eigenvalue weighted by molar-refractivity contribution is 0.388. The van der Waals surface area contributed by atoms with Gasteiger partial charge in [-0.2, -0.15) is 0 Å². The summed E-state index contributed by atoms with van der Waals surface area (Å²) in [7, 11) is 0. The van der Waals surface area contributed by atoms with Crippen LogP contribution in [-0.2, 0) is 5.54 Å². The third-order valence-electron chi connectivity index (χ3n) is 3.30. The fraction of sp³-hybridized carbons (Fsp3) is 0.500. The molecule has 1 aromatic carbocycles. The Kier molecular flexibility index (Phi) is 2.43. The van der Waals surface area contributed by atoms with Gasteiger partial charge in [0.2, 0.25) is 0 Å². The minimum Gasteiger partial charge on any atom is -0.508 e. The van der Waals surface area contributed by atoms with Gasteiger partial charge < -0.3 is 10.4 Å². The fourth-order valence-corrected chi connectivity index (χ4v) is 2.48. The van der Waals surface area contributed by atoms with Crippen LogP contribution in [0.2, 0.25) is 0 Å². The SMILES string of the molecule is Cc1c(F)ccc(O)c1C1(C)CCCN1. The molecule has 2 rings (SSSR count). The number of aromatic hydroxyl groups is 1. The first-order valence-corrected chi connectivity index (χ1v) is 5.28. The van der Waals surface area contributed by atoms with Crippen LogP contribution in [0.25, 0.3) is 0 Å². The van der Waals surface area contributed by atoms with E-state index in [1.54, 1.807) is 6.92 Å². The molecule has 2 nitrogen and oxygen atoms in total. The second-order valence-electron chi connectivity index (χ2n) is 4.43. The lowest BCUT2D eigenvalue weighted by Gasteiger charge is -2.27. The molecule has 1 atom stereocenters. The van der Waals surface area contributed by atoms with E-state index in [2.05, 4.69) is 5.32 Å². The average molecular weight is 209 g/mol. The highest BCUT2D eigenvalue weighted by atomic mass is 19.1. The number of nitrogens with one attached hydrogen (secondary N) is 1. The molecular formula is C12H16FNO. The maximum atomic E-state index is 13.4. The van der Waals surface area contributed by atoms with Gasteiger partial charge in [0.1, 0.15) is 11.6 Å². The van der Waals surface area contributed by atoms with Crippen LogP contribution in [0, 0.1) is 12.7 Å². The highest BCUT2D eigenvalue weighted by Crippen LogP contribution is 2.38. The number of halogens is 1. The number of hydrogen-bond acceptors (Lipinski definition) is 2. The van der Waals surface area contributed by atoms with Crippen LogP contribution in [0.4, 0.5) is 4.39 Å². The van der Waals surface area contributed by atoms with Crippen molar-refractivity contribution in [3.8, 4) is 5.75 Å². The zero-order chi connectivity index (χ0) is 11.1. The smallest absolute Gasteiger partial charge is 0.126 e. The summed E-state index contributed by atoms with van der Waals surface area (Å²) in [6.07, 6.45) is 2.00. The molecule has 15 heavy (non-hydrogen) atoms. The minimum absolute atomic E-state index is 0.186. The van der Waals surface area contributed by atoms with Gasteiger partial charge in [-0.25, -0.2) is 4.39 Å². The lowest BCUT2D eigenvalue weighted by atomic mass is 9.86. The van der Waals surface area contributed by atoms with Crippen molar-refractivity contribution in [2.75, 3.05) is 6.54 Å². The quantitative estimate of drug-likeness (QED) is 0.744. The van der Waals surface area contributed by atoms with E-state index in [4.69, 9.17) is 0 Å². The zero-order valence-corrected chi connectivity index (χ0v) is 9.10. The Morgan fingerprint density at radius 2 is 2.20 bits per heavy atom. The second-order valence-corrected chi connectivity index (χ2v) is 4.43. The van der Waals surface area contributed by atoms with Gasteiger partial charge in [-0.3, -0.25) is 0 Å². The first-order chi connectivity index (χ1) is 7.04. The molecule has 0 bridgehead atoms. The van der Waals surface area contributed by atoms with Gasteiger partial charge in [-0.05, 0) is 50.9 Å². The maximum absolute atomic E-state index is 13.4. The molecule has 1 aromatic rings. The largest absolute Gasteiger partial charge is 0.508 e. The van der Waals surface area contributed by atoms with Crippen molar-refractivity contribution < 1.29 is 9.50 Å². The molecule has 0 radical (unpaired) electrons. The lowest BCUT2D eigenvalue weighted by Crippen LogP contribution is -2.34. The number of phenolic OH excluding ortho intramolecular Hbond substituents is 1. The van der Waals surface area contributed by atoms with E-state index in [1.807, 2.05) is 6.92 Å².